The van der Waals surface area contributed by atoms with Gasteiger partial charge < -0.3 is 10.2 Å². The molecular weight excluding hydrogens is 266 g/mol. The van der Waals surface area contributed by atoms with Crippen molar-refractivity contribution in [1.29, 1.82) is 5.26 Å². The van der Waals surface area contributed by atoms with Gasteiger partial charge in [0.2, 0.25) is 0 Å². The normalized spacial score (nSPS) is 10.0. The number of carbonyl (C=O) groups excluding carboxylic acids is 1. The fraction of sp³-hybridized carbons (Fsp3) is 0.0625. The van der Waals surface area contributed by atoms with E-state index in [-0.39, 0.29) is 12.5 Å². The van der Waals surface area contributed by atoms with E-state index in [1.165, 1.54) is 6.21 Å². The summed E-state index contributed by atoms with van der Waals surface area (Å²) in [5.74, 6) is -0.315. The minimum atomic E-state index is -0.315. The topological polar surface area (TPSA) is 74.5 Å². The second-order valence-corrected chi connectivity index (χ2v) is 4.16. The molecule has 2 aromatic carbocycles. The SMILES string of the molecule is N#Cc1ccc(NC(=O)CO/N=C/c2ccccc2)cc1. The fourth-order valence-electron chi connectivity index (χ4n) is 1.56. The molecule has 5 heteroatoms. The Bertz CT molecular complexity index is 658. The summed E-state index contributed by atoms with van der Waals surface area (Å²) in [7, 11) is 0. The molecule has 0 unspecified atom stereocenters. The molecule has 0 fully saturated rings. The van der Waals surface area contributed by atoms with Crippen molar-refractivity contribution in [2.45, 2.75) is 0 Å². The van der Waals surface area contributed by atoms with Crippen LogP contribution in [-0.2, 0) is 9.63 Å². The van der Waals surface area contributed by atoms with Crippen LogP contribution in [0.5, 0.6) is 0 Å². The predicted octanol–water partition coefficient (Wildman–Crippen LogP) is 2.55. The Hall–Kier alpha value is -3.13. The molecule has 1 amide bonds. The lowest BCUT2D eigenvalue weighted by molar-refractivity contribution is -0.120. The summed E-state index contributed by atoms with van der Waals surface area (Å²) in [4.78, 5) is 16.5. The van der Waals surface area contributed by atoms with Crippen molar-refractivity contribution in [2.75, 3.05) is 11.9 Å². The van der Waals surface area contributed by atoms with Gasteiger partial charge in [-0.05, 0) is 29.8 Å². The van der Waals surface area contributed by atoms with Crippen LogP contribution in [0.3, 0.4) is 0 Å². The number of nitrogens with zero attached hydrogens (tertiary/aromatic N) is 2. The van der Waals surface area contributed by atoms with Crippen molar-refractivity contribution in [1.82, 2.24) is 0 Å². The molecular formula is C16H13N3O2. The highest BCUT2D eigenvalue weighted by atomic mass is 16.6. The molecule has 0 atom stereocenters. The standard InChI is InChI=1S/C16H13N3O2/c17-10-13-6-8-15(9-7-13)19-16(20)12-21-18-11-14-4-2-1-3-5-14/h1-9,11H,12H2,(H,19,20)/b18-11+. The summed E-state index contributed by atoms with van der Waals surface area (Å²) >= 11 is 0. The molecule has 0 heterocycles. The lowest BCUT2D eigenvalue weighted by Gasteiger charge is -2.03. The van der Waals surface area contributed by atoms with Crippen molar-refractivity contribution < 1.29 is 9.63 Å². The number of hydrogen-bond donors (Lipinski definition) is 1. The Labute approximate surface area is 122 Å². The van der Waals surface area contributed by atoms with Crippen molar-refractivity contribution in [3.8, 4) is 6.07 Å². The van der Waals surface area contributed by atoms with E-state index in [1.807, 2.05) is 36.4 Å². The second kappa shape index (κ2) is 7.46. The van der Waals surface area contributed by atoms with E-state index < -0.39 is 0 Å². The molecule has 0 spiro atoms. The number of hydrogen-bond acceptors (Lipinski definition) is 4. The molecule has 2 aromatic rings. The van der Waals surface area contributed by atoms with Crippen LogP contribution in [0.1, 0.15) is 11.1 Å². The third kappa shape index (κ3) is 4.80. The molecule has 0 bridgehead atoms. The smallest absolute Gasteiger partial charge is 0.265 e. The van der Waals surface area contributed by atoms with E-state index in [0.29, 0.717) is 11.3 Å². The van der Waals surface area contributed by atoms with Crippen LogP contribution in [0.25, 0.3) is 0 Å². The quantitative estimate of drug-likeness (QED) is 0.675. The monoisotopic (exact) mass is 279 g/mol. The van der Waals surface area contributed by atoms with Crippen LogP contribution < -0.4 is 5.32 Å². The summed E-state index contributed by atoms with van der Waals surface area (Å²) in [6.45, 7) is -0.177. The van der Waals surface area contributed by atoms with Crippen LogP contribution in [0, 0.1) is 11.3 Å². The van der Waals surface area contributed by atoms with Gasteiger partial charge in [0.1, 0.15) is 0 Å². The van der Waals surface area contributed by atoms with E-state index in [9.17, 15) is 4.79 Å². The predicted molar refractivity (Wildman–Crippen MR) is 79.8 cm³/mol. The molecule has 0 aromatic heterocycles. The maximum atomic E-state index is 11.6. The molecule has 0 radical (unpaired) electrons. The number of carbonyl (C=O) groups is 1. The zero-order chi connectivity index (χ0) is 14.9. The van der Waals surface area contributed by atoms with Crippen molar-refractivity contribution in [3.05, 3.63) is 65.7 Å². The molecule has 1 N–H and O–H groups in total. The third-order valence-electron chi connectivity index (χ3n) is 2.57. The van der Waals surface area contributed by atoms with E-state index in [1.54, 1.807) is 24.3 Å². The minimum Gasteiger partial charge on any atom is -0.386 e. The van der Waals surface area contributed by atoms with Crippen molar-refractivity contribution in [3.63, 3.8) is 0 Å². The summed E-state index contributed by atoms with van der Waals surface area (Å²) in [6, 6.07) is 18.0. The average Bonchev–Trinajstić information content (AvgIpc) is 2.53. The number of nitrogens with one attached hydrogen (secondary N) is 1. The Kier molecular flexibility index (Phi) is 5.07. The van der Waals surface area contributed by atoms with E-state index in [4.69, 9.17) is 10.1 Å². The van der Waals surface area contributed by atoms with E-state index >= 15 is 0 Å². The number of amides is 1. The highest BCUT2D eigenvalue weighted by molar-refractivity contribution is 5.91. The molecule has 2 rings (SSSR count). The number of rotatable bonds is 5. The lowest BCUT2D eigenvalue weighted by atomic mass is 10.2. The number of oxime groups is 1. The van der Waals surface area contributed by atoms with Gasteiger partial charge in [-0.3, -0.25) is 4.79 Å². The molecule has 0 aliphatic heterocycles. The summed E-state index contributed by atoms with van der Waals surface area (Å²) in [5, 5.41) is 15.0. The maximum absolute atomic E-state index is 11.6. The first-order chi connectivity index (χ1) is 10.3. The highest BCUT2D eigenvalue weighted by Gasteiger charge is 2.02. The number of anilines is 1. The first-order valence-electron chi connectivity index (χ1n) is 6.28. The van der Waals surface area contributed by atoms with Gasteiger partial charge in [0.25, 0.3) is 5.91 Å². The average molecular weight is 279 g/mol. The van der Waals surface area contributed by atoms with Gasteiger partial charge in [-0.2, -0.15) is 5.26 Å². The van der Waals surface area contributed by atoms with Gasteiger partial charge in [0, 0.05) is 5.69 Å². The molecule has 5 nitrogen and oxygen atoms in total. The van der Waals surface area contributed by atoms with Gasteiger partial charge in [0.05, 0.1) is 17.8 Å². The Morgan fingerprint density at radius 3 is 2.57 bits per heavy atom. The molecule has 21 heavy (non-hydrogen) atoms. The zero-order valence-electron chi connectivity index (χ0n) is 11.2. The van der Waals surface area contributed by atoms with Crippen LogP contribution in [0.4, 0.5) is 5.69 Å². The van der Waals surface area contributed by atoms with E-state index in [2.05, 4.69) is 10.5 Å². The van der Waals surface area contributed by atoms with Crippen molar-refractivity contribution >= 4 is 17.8 Å². The summed E-state index contributed by atoms with van der Waals surface area (Å²) < 4.78 is 0. The Balaban J connectivity index is 1.77. The highest BCUT2D eigenvalue weighted by Crippen LogP contribution is 2.08. The van der Waals surface area contributed by atoms with Crippen LogP contribution in [0.2, 0.25) is 0 Å². The van der Waals surface area contributed by atoms with Gasteiger partial charge >= 0.3 is 0 Å². The summed E-state index contributed by atoms with van der Waals surface area (Å²) in [5.41, 5.74) is 2.04. The second-order valence-electron chi connectivity index (χ2n) is 4.16. The summed E-state index contributed by atoms with van der Waals surface area (Å²) in [6.07, 6.45) is 1.54. The molecule has 0 saturated heterocycles. The van der Waals surface area contributed by atoms with Crippen LogP contribution >= 0.6 is 0 Å². The molecule has 104 valence electrons. The Morgan fingerprint density at radius 1 is 1.19 bits per heavy atom. The van der Waals surface area contributed by atoms with Crippen LogP contribution in [-0.4, -0.2) is 18.7 Å². The number of nitriles is 1. The van der Waals surface area contributed by atoms with Gasteiger partial charge in [-0.1, -0.05) is 35.5 Å². The molecule has 0 saturated carbocycles. The van der Waals surface area contributed by atoms with Crippen LogP contribution in [0.15, 0.2) is 59.8 Å². The first-order valence-corrected chi connectivity index (χ1v) is 6.28. The molecule has 0 aliphatic carbocycles. The fourth-order valence-corrected chi connectivity index (χ4v) is 1.56. The minimum absolute atomic E-state index is 0.177. The van der Waals surface area contributed by atoms with Gasteiger partial charge in [-0.25, -0.2) is 0 Å². The van der Waals surface area contributed by atoms with Gasteiger partial charge in [0.15, 0.2) is 6.61 Å². The zero-order valence-corrected chi connectivity index (χ0v) is 11.2. The third-order valence-corrected chi connectivity index (χ3v) is 2.57. The van der Waals surface area contributed by atoms with Crippen molar-refractivity contribution in [2.24, 2.45) is 5.16 Å². The maximum Gasteiger partial charge on any atom is 0.265 e. The lowest BCUT2D eigenvalue weighted by Crippen LogP contribution is -2.16. The number of benzene rings is 2. The first kappa shape index (κ1) is 14.3. The van der Waals surface area contributed by atoms with E-state index in [0.717, 1.165) is 5.56 Å². The Morgan fingerprint density at radius 2 is 1.90 bits per heavy atom. The van der Waals surface area contributed by atoms with Gasteiger partial charge in [-0.15, -0.1) is 0 Å². The largest absolute Gasteiger partial charge is 0.386 e. The molecule has 0 aliphatic rings.